The minimum Gasteiger partial charge on any atom is -0.494 e. The Balaban J connectivity index is 1.59. The first-order valence-electron chi connectivity index (χ1n) is 11.2. The van der Waals surface area contributed by atoms with Crippen LogP contribution in [0.15, 0.2) is 63.6 Å². The number of amides is 2. The second-order valence-electron chi connectivity index (χ2n) is 7.17. The van der Waals surface area contributed by atoms with Gasteiger partial charge in [-0.1, -0.05) is 0 Å². The number of rotatable bonds is 11. The van der Waals surface area contributed by atoms with E-state index in [0.717, 1.165) is 23.6 Å². The summed E-state index contributed by atoms with van der Waals surface area (Å²) in [5, 5.41) is 13.4. The molecule has 0 aromatic heterocycles. The van der Waals surface area contributed by atoms with Crippen molar-refractivity contribution in [3.63, 3.8) is 0 Å². The third-order valence-electron chi connectivity index (χ3n) is 4.53. The maximum atomic E-state index is 12.3. The van der Waals surface area contributed by atoms with E-state index in [4.69, 9.17) is 14.2 Å². The molecule has 2 N–H and O–H groups in total. The third-order valence-corrected chi connectivity index (χ3v) is 5.43. The van der Waals surface area contributed by atoms with Crippen molar-refractivity contribution in [3.8, 4) is 17.2 Å². The summed E-state index contributed by atoms with van der Waals surface area (Å²) < 4.78 is 21.2. The van der Waals surface area contributed by atoms with Crippen LogP contribution < -0.4 is 24.8 Å². The lowest BCUT2D eigenvalue weighted by atomic mass is 10.2. The molecule has 0 unspecified atom stereocenters. The Kier molecular flexibility index (Phi) is 10.1. The second kappa shape index (κ2) is 13.7. The van der Waals surface area contributed by atoms with Gasteiger partial charge in [0.1, 0.15) is 5.75 Å². The molecule has 1 aliphatic rings. The summed E-state index contributed by atoms with van der Waals surface area (Å²) in [4.78, 5) is 35.7. The number of thioether (sulfide) groups is 1. The number of esters is 1. The topological polar surface area (TPSA) is 137 Å². The predicted octanol–water partition coefficient (Wildman–Crippen LogP) is 3.11. The Morgan fingerprint density at radius 3 is 2.49 bits per heavy atom. The van der Waals surface area contributed by atoms with E-state index in [1.807, 2.05) is 13.8 Å². The Bertz CT molecular complexity index is 1230. The van der Waals surface area contributed by atoms with Gasteiger partial charge in [-0.2, -0.15) is 5.10 Å². The van der Waals surface area contributed by atoms with Crippen molar-refractivity contribution in [1.82, 2.24) is 5.32 Å². The number of nitrogens with zero attached hydrogens (tertiary/aromatic N) is 2. The monoisotopic (exact) mass is 526 g/mol. The Morgan fingerprint density at radius 2 is 1.78 bits per heavy atom. The highest BCUT2D eigenvalue weighted by molar-refractivity contribution is 8.18. The molecular weight excluding hydrogens is 500 g/mol. The van der Waals surface area contributed by atoms with E-state index in [2.05, 4.69) is 25.6 Å². The van der Waals surface area contributed by atoms with E-state index in [1.165, 1.54) is 13.3 Å². The maximum absolute atomic E-state index is 12.3. The fraction of sp³-hybridized carbons (Fsp3) is 0.240. The molecule has 2 aromatic rings. The minimum absolute atomic E-state index is 0.160. The van der Waals surface area contributed by atoms with Gasteiger partial charge in [0, 0.05) is 11.8 Å². The summed E-state index contributed by atoms with van der Waals surface area (Å²) in [6.07, 6.45) is 2.55. The molecule has 0 aliphatic carbocycles. The van der Waals surface area contributed by atoms with Gasteiger partial charge in [0.2, 0.25) is 0 Å². The highest BCUT2D eigenvalue weighted by Gasteiger charge is 2.25. The number of amidine groups is 1. The average Bonchev–Trinajstić information content (AvgIpc) is 3.23. The van der Waals surface area contributed by atoms with Gasteiger partial charge >= 0.3 is 5.97 Å². The summed E-state index contributed by atoms with van der Waals surface area (Å²) in [6.45, 7) is 4.46. The maximum Gasteiger partial charge on any atom is 0.331 e. The molecule has 37 heavy (non-hydrogen) atoms. The van der Waals surface area contributed by atoms with Crippen molar-refractivity contribution >= 4 is 46.6 Å². The number of ether oxygens (including phenoxy) is 4. The molecule has 1 heterocycles. The summed E-state index contributed by atoms with van der Waals surface area (Å²) in [5.74, 6) is 0.117. The third kappa shape index (κ3) is 8.39. The van der Waals surface area contributed by atoms with Crippen LogP contribution in [0.4, 0.5) is 5.69 Å². The SMILES string of the molecule is CCOc1ccc(NC(=O)COc2ccc(C=N/N=C3/NC(=O)/C(=C\C(=O)OC)S3)cc2OCC)cc1. The molecule has 0 spiro atoms. The number of nitrogens with one attached hydrogen (secondary N) is 2. The van der Waals surface area contributed by atoms with E-state index >= 15 is 0 Å². The zero-order valence-corrected chi connectivity index (χ0v) is 21.3. The van der Waals surface area contributed by atoms with Crippen LogP contribution in [0.3, 0.4) is 0 Å². The van der Waals surface area contributed by atoms with Crippen LogP contribution in [0.2, 0.25) is 0 Å². The first-order valence-corrected chi connectivity index (χ1v) is 12.1. The fourth-order valence-electron chi connectivity index (χ4n) is 2.92. The van der Waals surface area contributed by atoms with Crippen LogP contribution >= 0.6 is 11.8 Å². The number of carbonyl (C=O) groups is 3. The number of benzene rings is 2. The number of hydrogen-bond acceptors (Lipinski definition) is 10. The molecule has 1 saturated heterocycles. The van der Waals surface area contributed by atoms with Crippen molar-refractivity contribution in [3.05, 3.63) is 59.0 Å². The standard InChI is InChI=1S/C25H26N4O7S/c1-4-34-18-9-7-17(8-10-18)27-22(30)15-36-19-11-6-16(12-20(19)35-5-2)14-26-29-25-28-24(32)21(37-25)13-23(31)33-3/h6-14H,4-5,15H2,1-3H3,(H,27,30)(H,28,29,32)/b21-13+,26-14?. The normalized spacial score (nSPS) is 15.1. The van der Waals surface area contributed by atoms with Crippen LogP contribution in [0.25, 0.3) is 0 Å². The van der Waals surface area contributed by atoms with Crippen LogP contribution in [-0.4, -0.2) is 56.1 Å². The molecule has 1 aliphatic heterocycles. The molecular formula is C25H26N4O7S. The molecule has 0 radical (unpaired) electrons. The average molecular weight is 527 g/mol. The first-order chi connectivity index (χ1) is 17.9. The summed E-state index contributed by atoms with van der Waals surface area (Å²) in [7, 11) is 1.22. The number of carbonyl (C=O) groups excluding carboxylic acids is 3. The molecule has 12 heteroatoms. The van der Waals surface area contributed by atoms with Gasteiger partial charge in [-0.05, 0) is 73.6 Å². The van der Waals surface area contributed by atoms with Crippen LogP contribution in [0.1, 0.15) is 19.4 Å². The van der Waals surface area contributed by atoms with E-state index in [1.54, 1.807) is 42.5 Å². The van der Waals surface area contributed by atoms with Crippen molar-refractivity contribution in [2.75, 3.05) is 32.2 Å². The molecule has 3 rings (SSSR count). The summed E-state index contributed by atoms with van der Waals surface area (Å²) >= 11 is 0.971. The van der Waals surface area contributed by atoms with E-state index in [0.29, 0.717) is 36.0 Å². The van der Waals surface area contributed by atoms with Crippen molar-refractivity contribution < 1.29 is 33.3 Å². The lowest BCUT2D eigenvalue weighted by molar-refractivity contribution is -0.135. The van der Waals surface area contributed by atoms with Crippen LogP contribution in [0, 0.1) is 0 Å². The van der Waals surface area contributed by atoms with Gasteiger partial charge in [-0.3, -0.25) is 14.9 Å². The Labute approximate surface area is 217 Å². The molecule has 0 saturated carbocycles. The van der Waals surface area contributed by atoms with Crippen molar-refractivity contribution in [2.45, 2.75) is 13.8 Å². The smallest absolute Gasteiger partial charge is 0.331 e. The Morgan fingerprint density at radius 1 is 1.03 bits per heavy atom. The zero-order valence-electron chi connectivity index (χ0n) is 20.5. The molecule has 0 atom stereocenters. The van der Waals surface area contributed by atoms with Gasteiger partial charge in [0.05, 0.1) is 31.4 Å². The molecule has 0 bridgehead atoms. The quantitative estimate of drug-likeness (QED) is 0.197. The van der Waals surface area contributed by atoms with Crippen LogP contribution in [0.5, 0.6) is 17.2 Å². The number of anilines is 1. The van der Waals surface area contributed by atoms with Gasteiger partial charge in [-0.15, -0.1) is 5.10 Å². The lowest BCUT2D eigenvalue weighted by Crippen LogP contribution is -2.20. The first kappa shape index (κ1) is 27.3. The van der Waals surface area contributed by atoms with E-state index in [-0.39, 0.29) is 22.6 Å². The Hall–Kier alpha value is -4.32. The summed E-state index contributed by atoms with van der Waals surface area (Å²) in [5.41, 5.74) is 1.28. The second-order valence-corrected chi connectivity index (χ2v) is 8.20. The van der Waals surface area contributed by atoms with Crippen LogP contribution in [-0.2, 0) is 19.1 Å². The number of methoxy groups -OCH3 is 1. The summed E-state index contributed by atoms with van der Waals surface area (Å²) in [6, 6.07) is 12.1. The van der Waals surface area contributed by atoms with Crippen molar-refractivity contribution in [1.29, 1.82) is 0 Å². The highest BCUT2D eigenvalue weighted by Crippen LogP contribution is 2.28. The van der Waals surface area contributed by atoms with Crippen molar-refractivity contribution in [2.24, 2.45) is 10.2 Å². The molecule has 2 amide bonds. The lowest BCUT2D eigenvalue weighted by Gasteiger charge is -2.13. The van der Waals surface area contributed by atoms with Gasteiger partial charge < -0.3 is 24.3 Å². The largest absolute Gasteiger partial charge is 0.494 e. The highest BCUT2D eigenvalue weighted by atomic mass is 32.2. The van der Waals surface area contributed by atoms with E-state index in [9.17, 15) is 14.4 Å². The van der Waals surface area contributed by atoms with E-state index < -0.39 is 11.9 Å². The fourth-order valence-corrected chi connectivity index (χ4v) is 3.66. The van der Waals surface area contributed by atoms with Gasteiger partial charge in [-0.25, -0.2) is 4.79 Å². The minimum atomic E-state index is -0.637. The molecule has 194 valence electrons. The molecule has 1 fully saturated rings. The van der Waals surface area contributed by atoms with Gasteiger partial charge in [0.15, 0.2) is 23.3 Å². The molecule has 11 nitrogen and oxygen atoms in total. The van der Waals surface area contributed by atoms with Gasteiger partial charge in [0.25, 0.3) is 11.8 Å². The zero-order chi connectivity index (χ0) is 26.6. The number of hydrogen-bond donors (Lipinski definition) is 2. The molecule has 2 aromatic carbocycles. The predicted molar refractivity (Wildman–Crippen MR) is 140 cm³/mol.